The first-order valence-corrected chi connectivity index (χ1v) is 8.58. The lowest BCUT2D eigenvalue weighted by Gasteiger charge is -2.17. The van der Waals surface area contributed by atoms with Gasteiger partial charge in [0.1, 0.15) is 5.69 Å². The van der Waals surface area contributed by atoms with E-state index in [0.29, 0.717) is 22.4 Å². The van der Waals surface area contributed by atoms with E-state index in [2.05, 4.69) is 15.3 Å². The minimum atomic E-state index is -0.457. The molecule has 1 aliphatic heterocycles. The fourth-order valence-corrected chi connectivity index (χ4v) is 3.35. The van der Waals surface area contributed by atoms with Gasteiger partial charge in [0, 0.05) is 30.4 Å². The van der Waals surface area contributed by atoms with Crippen molar-refractivity contribution in [2.75, 3.05) is 23.3 Å². The number of hydrogen-bond acceptors (Lipinski definition) is 5. The van der Waals surface area contributed by atoms with Gasteiger partial charge in [-0.15, -0.1) is 0 Å². The van der Waals surface area contributed by atoms with Gasteiger partial charge in [-0.3, -0.25) is 14.9 Å². The molecular weight excluding hydrogens is 350 g/mol. The number of nitrogens with zero attached hydrogens (tertiary/aromatic N) is 2. The second-order valence-corrected chi connectivity index (χ2v) is 6.45. The number of aromatic nitrogens is 2. The summed E-state index contributed by atoms with van der Waals surface area (Å²) in [7, 11) is 0. The number of amides is 1. The number of hydrogen-bond donors (Lipinski definition) is 3. The summed E-state index contributed by atoms with van der Waals surface area (Å²) < 4.78 is 0. The molecule has 0 bridgehead atoms. The average molecular weight is 367 g/mol. The molecule has 1 aromatic heterocycles. The highest BCUT2D eigenvalue weighted by atomic mass is 16.6. The molecular formula is C18H17N5O4. The summed E-state index contributed by atoms with van der Waals surface area (Å²) in [5, 5.41) is 14.2. The van der Waals surface area contributed by atoms with Crippen LogP contribution in [0.4, 0.5) is 17.1 Å². The number of fused-ring (bicyclic) bond motifs is 1. The fourth-order valence-electron chi connectivity index (χ4n) is 3.35. The monoisotopic (exact) mass is 367 g/mol. The SMILES string of the molecule is O=C(Nc1ccc2[nH]c(=O)[nH]c2c1)c1ccc(N2CCCC2)c([N+](=O)[O-])c1. The molecule has 0 spiro atoms. The van der Waals surface area contributed by atoms with E-state index in [4.69, 9.17) is 0 Å². The quantitative estimate of drug-likeness (QED) is 0.483. The maximum atomic E-state index is 12.5. The minimum Gasteiger partial charge on any atom is -0.366 e. The number of imidazole rings is 1. The Morgan fingerprint density at radius 1 is 1.07 bits per heavy atom. The molecule has 0 radical (unpaired) electrons. The largest absolute Gasteiger partial charge is 0.366 e. The Morgan fingerprint density at radius 3 is 2.56 bits per heavy atom. The van der Waals surface area contributed by atoms with Gasteiger partial charge in [0.15, 0.2) is 0 Å². The average Bonchev–Trinajstić information content (AvgIpc) is 3.29. The van der Waals surface area contributed by atoms with Crippen molar-refractivity contribution in [2.45, 2.75) is 12.8 Å². The van der Waals surface area contributed by atoms with Gasteiger partial charge < -0.3 is 20.2 Å². The van der Waals surface area contributed by atoms with E-state index < -0.39 is 10.8 Å². The van der Waals surface area contributed by atoms with Crippen molar-refractivity contribution >= 4 is 34.0 Å². The van der Waals surface area contributed by atoms with Crippen LogP contribution in [0.25, 0.3) is 11.0 Å². The van der Waals surface area contributed by atoms with Gasteiger partial charge >= 0.3 is 5.69 Å². The van der Waals surface area contributed by atoms with Crippen LogP contribution >= 0.6 is 0 Å². The maximum absolute atomic E-state index is 12.5. The number of aromatic amines is 2. The summed E-state index contributed by atoms with van der Waals surface area (Å²) in [6.07, 6.45) is 2.01. The molecule has 4 rings (SSSR count). The number of nitro benzene ring substituents is 1. The highest BCUT2D eigenvalue weighted by Gasteiger charge is 2.23. The zero-order valence-corrected chi connectivity index (χ0v) is 14.3. The van der Waals surface area contributed by atoms with Gasteiger partial charge in [-0.25, -0.2) is 4.79 Å². The van der Waals surface area contributed by atoms with E-state index in [1.807, 2.05) is 4.90 Å². The number of anilines is 2. The van der Waals surface area contributed by atoms with E-state index >= 15 is 0 Å². The summed E-state index contributed by atoms with van der Waals surface area (Å²) in [6, 6.07) is 9.47. The van der Waals surface area contributed by atoms with Crippen LogP contribution in [0.3, 0.4) is 0 Å². The Kier molecular flexibility index (Phi) is 4.11. The highest BCUT2D eigenvalue weighted by Crippen LogP contribution is 2.32. The molecule has 2 heterocycles. The van der Waals surface area contributed by atoms with Gasteiger partial charge in [0.25, 0.3) is 11.6 Å². The summed E-state index contributed by atoms with van der Waals surface area (Å²) in [5.41, 5.74) is 2.01. The van der Waals surface area contributed by atoms with Crippen molar-refractivity contribution in [2.24, 2.45) is 0 Å². The number of nitro groups is 1. The smallest absolute Gasteiger partial charge is 0.323 e. The minimum absolute atomic E-state index is 0.0741. The predicted octanol–water partition coefficient (Wildman–Crippen LogP) is 2.62. The number of carbonyl (C=O) groups excluding carboxylic acids is 1. The zero-order chi connectivity index (χ0) is 19.0. The molecule has 138 valence electrons. The number of H-pyrrole nitrogens is 2. The molecule has 0 aliphatic carbocycles. The van der Waals surface area contributed by atoms with Crippen LogP contribution in [0.2, 0.25) is 0 Å². The third kappa shape index (κ3) is 3.26. The lowest BCUT2D eigenvalue weighted by molar-refractivity contribution is -0.384. The van der Waals surface area contributed by atoms with Crippen molar-refractivity contribution in [3.8, 4) is 0 Å². The van der Waals surface area contributed by atoms with E-state index in [9.17, 15) is 19.7 Å². The molecule has 9 nitrogen and oxygen atoms in total. The molecule has 0 atom stereocenters. The summed E-state index contributed by atoms with van der Waals surface area (Å²) >= 11 is 0. The molecule has 9 heteroatoms. The lowest BCUT2D eigenvalue weighted by atomic mass is 10.1. The Labute approximate surface area is 153 Å². The van der Waals surface area contributed by atoms with Crippen LogP contribution in [0.15, 0.2) is 41.2 Å². The van der Waals surface area contributed by atoms with Crippen LogP contribution in [0, 0.1) is 10.1 Å². The summed E-state index contributed by atoms with van der Waals surface area (Å²) in [4.78, 5) is 42.1. The molecule has 1 amide bonds. The first-order chi connectivity index (χ1) is 13.0. The zero-order valence-electron chi connectivity index (χ0n) is 14.3. The highest BCUT2D eigenvalue weighted by molar-refractivity contribution is 6.05. The van der Waals surface area contributed by atoms with Gasteiger partial charge in [0.2, 0.25) is 0 Å². The molecule has 2 aromatic carbocycles. The van der Waals surface area contributed by atoms with Crippen LogP contribution < -0.4 is 15.9 Å². The van der Waals surface area contributed by atoms with Crippen molar-refractivity contribution in [1.82, 2.24) is 9.97 Å². The topological polar surface area (TPSA) is 124 Å². The van der Waals surface area contributed by atoms with E-state index in [1.54, 1.807) is 30.3 Å². The normalized spacial score (nSPS) is 13.9. The molecule has 1 fully saturated rings. The van der Waals surface area contributed by atoms with E-state index in [1.165, 1.54) is 6.07 Å². The lowest BCUT2D eigenvalue weighted by Crippen LogP contribution is -2.19. The van der Waals surface area contributed by atoms with Crippen LogP contribution in [-0.4, -0.2) is 33.9 Å². The Bertz CT molecular complexity index is 1090. The van der Waals surface area contributed by atoms with Crippen molar-refractivity contribution in [1.29, 1.82) is 0 Å². The predicted molar refractivity (Wildman–Crippen MR) is 101 cm³/mol. The first-order valence-electron chi connectivity index (χ1n) is 8.58. The van der Waals surface area contributed by atoms with Gasteiger partial charge in [-0.1, -0.05) is 0 Å². The van der Waals surface area contributed by atoms with E-state index in [0.717, 1.165) is 25.9 Å². The standard InChI is InChI=1S/C18H17N5O4/c24-17(19-12-4-5-13-14(10-12)21-18(25)20-13)11-3-6-15(16(9-11)23(26)27)22-7-1-2-8-22/h3-6,9-10H,1-2,7-8H2,(H,19,24)(H2,20,21,25). The van der Waals surface area contributed by atoms with E-state index in [-0.39, 0.29) is 16.9 Å². The number of benzene rings is 2. The first kappa shape index (κ1) is 16.8. The van der Waals surface area contributed by atoms with Gasteiger partial charge in [-0.05, 0) is 43.2 Å². The molecule has 1 saturated heterocycles. The third-order valence-corrected chi connectivity index (χ3v) is 4.65. The van der Waals surface area contributed by atoms with Gasteiger partial charge in [-0.2, -0.15) is 0 Å². The van der Waals surface area contributed by atoms with Crippen molar-refractivity contribution in [3.63, 3.8) is 0 Å². The third-order valence-electron chi connectivity index (χ3n) is 4.65. The second-order valence-electron chi connectivity index (χ2n) is 6.45. The molecule has 27 heavy (non-hydrogen) atoms. The summed E-state index contributed by atoms with van der Waals surface area (Å²) in [5.74, 6) is -0.455. The van der Waals surface area contributed by atoms with Crippen LogP contribution in [0.1, 0.15) is 23.2 Å². The molecule has 1 aliphatic rings. The summed E-state index contributed by atoms with van der Waals surface area (Å²) in [6.45, 7) is 1.56. The number of nitrogens with one attached hydrogen (secondary N) is 3. The van der Waals surface area contributed by atoms with Crippen LogP contribution in [-0.2, 0) is 0 Å². The second kappa shape index (κ2) is 6.60. The Balaban J connectivity index is 1.61. The fraction of sp³-hybridized carbons (Fsp3) is 0.222. The molecule has 3 aromatic rings. The molecule has 3 N–H and O–H groups in total. The maximum Gasteiger partial charge on any atom is 0.323 e. The molecule has 0 unspecified atom stereocenters. The van der Waals surface area contributed by atoms with Gasteiger partial charge in [0.05, 0.1) is 16.0 Å². The van der Waals surface area contributed by atoms with Crippen molar-refractivity contribution < 1.29 is 9.72 Å². The number of rotatable bonds is 4. The Hall–Kier alpha value is -3.62. The van der Waals surface area contributed by atoms with Crippen molar-refractivity contribution in [3.05, 3.63) is 62.6 Å². The molecule has 0 saturated carbocycles. The number of carbonyl (C=O) groups is 1. The van der Waals surface area contributed by atoms with Crippen LogP contribution in [0.5, 0.6) is 0 Å². The Morgan fingerprint density at radius 2 is 1.81 bits per heavy atom.